The van der Waals surface area contributed by atoms with E-state index in [1.807, 2.05) is 13.8 Å². The van der Waals surface area contributed by atoms with Gasteiger partial charge in [0.15, 0.2) is 0 Å². The molecule has 2 aromatic rings. The van der Waals surface area contributed by atoms with E-state index < -0.39 is 11.8 Å². The molecule has 0 spiro atoms. The van der Waals surface area contributed by atoms with Crippen LogP contribution in [0.5, 0.6) is 5.75 Å². The molecule has 0 atom stereocenters. The van der Waals surface area contributed by atoms with Gasteiger partial charge in [-0.2, -0.15) is 5.10 Å². The first-order valence-corrected chi connectivity index (χ1v) is 9.45. The molecule has 0 unspecified atom stereocenters. The van der Waals surface area contributed by atoms with E-state index in [9.17, 15) is 9.59 Å². The van der Waals surface area contributed by atoms with Crippen molar-refractivity contribution in [3.05, 3.63) is 57.6 Å². The predicted octanol–water partition coefficient (Wildman–Crippen LogP) is 4.57. The molecule has 2 N–H and O–H groups in total. The van der Waals surface area contributed by atoms with Gasteiger partial charge >= 0.3 is 0 Å². The van der Waals surface area contributed by atoms with Gasteiger partial charge < -0.3 is 10.1 Å². The van der Waals surface area contributed by atoms with E-state index in [0.29, 0.717) is 33.7 Å². The Hall–Kier alpha value is -2.57. The molecule has 2 amide bonds. The van der Waals surface area contributed by atoms with Gasteiger partial charge in [0.25, 0.3) is 0 Å². The molecule has 8 heteroatoms. The number of nitrogens with zero attached hydrogens (tertiary/aromatic N) is 1. The van der Waals surface area contributed by atoms with E-state index in [0.717, 1.165) is 12.0 Å². The van der Waals surface area contributed by atoms with Gasteiger partial charge in [-0.3, -0.25) is 9.59 Å². The molecule has 0 heterocycles. The summed E-state index contributed by atoms with van der Waals surface area (Å²) in [4.78, 5) is 23.9. The van der Waals surface area contributed by atoms with E-state index in [2.05, 4.69) is 15.8 Å². The van der Waals surface area contributed by atoms with Gasteiger partial charge in [0, 0.05) is 21.3 Å². The molecule has 148 valence electrons. The molecular weight excluding hydrogens is 401 g/mol. The van der Waals surface area contributed by atoms with Gasteiger partial charge in [0.2, 0.25) is 11.8 Å². The number of anilines is 1. The van der Waals surface area contributed by atoms with Gasteiger partial charge in [-0.1, -0.05) is 36.2 Å². The Balaban J connectivity index is 1.90. The molecule has 2 rings (SSSR count). The SMILES string of the molecule is CCCOc1ccc(Cl)cc1C=NNC(=O)CC(=O)Nc1ccc(C)c(Cl)c1. The predicted molar refractivity (Wildman–Crippen MR) is 112 cm³/mol. The number of rotatable bonds is 8. The number of halogens is 2. The second-order valence-corrected chi connectivity index (χ2v) is 6.86. The number of nitrogens with one attached hydrogen (secondary N) is 2. The molecule has 0 saturated heterocycles. The van der Waals surface area contributed by atoms with Crippen molar-refractivity contribution in [2.45, 2.75) is 26.7 Å². The molecular formula is C20H21Cl2N3O3. The van der Waals surface area contributed by atoms with Crippen molar-refractivity contribution in [2.75, 3.05) is 11.9 Å². The molecule has 2 aromatic carbocycles. The second kappa shape index (κ2) is 10.7. The quantitative estimate of drug-likeness (QED) is 0.372. The Morgan fingerprint density at radius 3 is 2.64 bits per heavy atom. The third-order valence-electron chi connectivity index (χ3n) is 3.60. The van der Waals surface area contributed by atoms with E-state index >= 15 is 0 Å². The fourth-order valence-corrected chi connectivity index (χ4v) is 2.56. The number of aryl methyl sites for hydroxylation is 1. The summed E-state index contributed by atoms with van der Waals surface area (Å²) in [6.07, 6.45) is 1.90. The van der Waals surface area contributed by atoms with Crippen LogP contribution >= 0.6 is 23.2 Å². The lowest BCUT2D eigenvalue weighted by atomic mass is 10.2. The van der Waals surface area contributed by atoms with Gasteiger partial charge in [-0.05, 0) is 49.2 Å². The molecule has 0 aromatic heterocycles. The summed E-state index contributed by atoms with van der Waals surface area (Å²) in [5.74, 6) is -0.411. The van der Waals surface area contributed by atoms with Crippen molar-refractivity contribution in [3.8, 4) is 5.75 Å². The minimum absolute atomic E-state index is 0.377. The van der Waals surface area contributed by atoms with E-state index in [-0.39, 0.29) is 6.42 Å². The Morgan fingerprint density at radius 2 is 1.93 bits per heavy atom. The topological polar surface area (TPSA) is 79.8 Å². The average molecular weight is 422 g/mol. The maximum absolute atomic E-state index is 12.0. The van der Waals surface area contributed by atoms with Crippen LogP contribution in [0.25, 0.3) is 0 Å². The smallest absolute Gasteiger partial charge is 0.249 e. The zero-order valence-electron chi connectivity index (χ0n) is 15.6. The van der Waals surface area contributed by atoms with Crippen LogP contribution in [0.1, 0.15) is 30.9 Å². The van der Waals surface area contributed by atoms with Crippen molar-refractivity contribution in [1.29, 1.82) is 0 Å². The lowest BCUT2D eigenvalue weighted by Gasteiger charge is -2.08. The summed E-state index contributed by atoms with van der Waals surface area (Å²) < 4.78 is 5.61. The van der Waals surface area contributed by atoms with Crippen molar-refractivity contribution in [3.63, 3.8) is 0 Å². The van der Waals surface area contributed by atoms with E-state index in [4.69, 9.17) is 27.9 Å². The highest BCUT2D eigenvalue weighted by Crippen LogP contribution is 2.22. The Labute approximate surface area is 173 Å². The monoisotopic (exact) mass is 421 g/mol. The summed E-state index contributed by atoms with van der Waals surface area (Å²) >= 11 is 12.0. The minimum atomic E-state index is -0.551. The molecule has 28 heavy (non-hydrogen) atoms. The molecule has 0 aliphatic carbocycles. The second-order valence-electron chi connectivity index (χ2n) is 6.01. The summed E-state index contributed by atoms with van der Waals surface area (Å²) in [6.45, 7) is 4.41. The average Bonchev–Trinajstić information content (AvgIpc) is 2.64. The number of ether oxygens (including phenoxy) is 1. The number of carbonyl (C=O) groups excluding carboxylic acids is 2. The zero-order chi connectivity index (χ0) is 20.5. The number of hydrogen-bond acceptors (Lipinski definition) is 4. The number of benzene rings is 2. The van der Waals surface area contributed by atoms with Crippen LogP contribution < -0.4 is 15.5 Å². The normalized spacial score (nSPS) is 10.7. The molecule has 6 nitrogen and oxygen atoms in total. The van der Waals surface area contributed by atoms with Gasteiger partial charge in [0.05, 0.1) is 12.8 Å². The molecule has 0 radical (unpaired) electrons. The lowest BCUT2D eigenvalue weighted by Crippen LogP contribution is -2.24. The van der Waals surface area contributed by atoms with Crippen molar-refractivity contribution >= 4 is 46.9 Å². The van der Waals surface area contributed by atoms with Crippen LogP contribution in [0, 0.1) is 6.92 Å². The molecule has 0 saturated carbocycles. The van der Waals surface area contributed by atoms with Crippen molar-refractivity contribution in [1.82, 2.24) is 5.43 Å². The van der Waals surface area contributed by atoms with Crippen LogP contribution in [0.2, 0.25) is 10.0 Å². The first kappa shape index (κ1) is 21.7. The Morgan fingerprint density at radius 1 is 1.14 bits per heavy atom. The van der Waals surface area contributed by atoms with Gasteiger partial charge in [-0.25, -0.2) is 5.43 Å². The zero-order valence-corrected chi connectivity index (χ0v) is 17.1. The lowest BCUT2D eigenvalue weighted by molar-refractivity contribution is -0.126. The fraction of sp³-hybridized carbons (Fsp3) is 0.250. The highest BCUT2D eigenvalue weighted by atomic mass is 35.5. The summed E-state index contributed by atoms with van der Waals surface area (Å²) in [5, 5.41) is 7.55. The highest BCUT2D eigenvalue weighted by molar-refractivity contribution is 6.31. The summed E-state index contributed by atoms with van der Waals surface area (Å²) in [7, 11) is 0. The Bertz CT molecular complexity index is 885. The van der Waals surface area contributed by atoms with Crippen LogP contribution in [0.3, 0.4) is 0 Å². The van der Waals surface area contributed by atoms with Crippen LogP contribution in [0.15, 0.2) is 41.5 Å². The maximum Gasteiger partial charge on any atom is 0.249 e. The highest BCUT2D eigenvalue weighted by Gasteiger charge is 2.10. The molecule has 0 aliphatic heterocycles. The van der Waals surface area contributed by atoms with Crippen LogP contribution in [-0.4, -0.2) is 24.6 Å². The number of hydrazone groups is 1. The van der Waals surface area contributed by atoms with E-state index in [1.165, 1.54) is 6.21 Å². The van der Waals surface area contributed by atoms with Crippen LogP contribution in [0.4, 0.5) is 5.69 Å². The number of carbonyl (C=O) groups is 2. The summed E-state index contributed by atoms with van der Waals surface area (Å²) in [5.41, 5.74) is 4.36. The van der Waals surface area contributed by atoms with Crippen molar-refractivity contribution in [2.24, 2.45) is 5.10 Å². The molecule has 0 aliphatic rings. The maximum atomic E-state index is 12.0. The third kappa shape index (κ3) is 6.87. The number of hydrogen-bond donors (Lipinski definition) is 2. The number of amides is 2. The molecule has 0 bridgehead atoms. The van der Waals surface area contributed by atoms with Crippen LogP contribution in [-0.2, 0) is 9.59 Å². The van der Waals surface area contributed by atoms with Gasteiger partial charge in [-0.15, -0.1) is 0 Å². The van der Waals surface area contributed by atoms with Gasteiger partial charge in [0.1, 0.15) is 12.2 Å². The summed E-state index contributed by atoms with van der Waals surface area (Å²) in [6, 6.07) is 10.3. The van der Waals surface area contributed by atoms with E-state index in [1.54, 1.807) is 36.4 Å². The largest absolute Gasteiger partial charge is 0.493 e. The standard InChI is InChI=1S/C20H21Cl2N3O3/c1-3-8-28-18-7-5-15(21)9-14(18)12-23-25-20(27)11-19(26)24-16-6-4-13(2)17(22)10-16/h4-7,9-10,12H,3,8,11H2,1-2H3,(H,24,26)(H,25,27). The first-order valence-electron chi connectivity index (χ1n) is 8.69. The van der Waals surface area contributed by atoms with Crippen molar-refractivity contribution < 1.29 is 14.3 Å². The Kier molecular flexibility index (Phi) is 8.29. The minimum Gasteiger partial charge on any atom is -0.493 e. The first-order chi connectivity index (χ1) is 13.4. The third-order valence-corrected chi connectivity index (χ3v) is 4.25. The molecule has 0 fully saturated rings. The fourth-order valence-electron chi connectivity index (χ4n) is 2.20.